The van der Waals surface area contributed by atoms with E-state index in [-0.39, 0.29) is 16.8 Å². The van der Waals surface area contributed by atoms with Gasteiger partial charge in [-0.2, -0.15) is 0 Å². The number of rotatable bonds is 5. The van der Waals surface area contributed by atoms with Crippen LogP contribution in [0.15, 0.2) is 86.1 Å². The second-order valence-corrected chi connectivity index (χ2v) is 9.58. The third-order valence-corrected chi connectivity index (χ3v) is 7.11. The molecular weight excluding hydrogens is 518 g/mol. The minimum atomic E-state index is -0.740. The minimum Gasteiger partial charge on any atom is -0.466 e. The average Bonchev–Trinajstić information content (AvgIpc) is 3.48. The van der Waals surface area contributed by atoms with Crippen molar-refractivity contribution in [3.63, 3.8) is 0 Å². The Hall–Kier alpha value is -4.28. The van der Waals surface area contributed by atoms with E-state index in [0.717, 1.165) is 0 Å². The van der Waals surface area contributed by atoms with Gasteiger partial charge in [0.15, 0.2) is 4.80 Å². The van der Waals surface area contributed by atoms with E-state index >= 15 is 0 Å². The monoisotopic (exact) mass is 535 g/mol. The number of allylic oxidation sites excluding steroid dienone is 1. The molecule has 1 atom stereocenters. The Bertz CT molecular complexity index is 1750. The van der Waals surface area contributed by atoms with Gasteiger partial charge < -0.3 is 9.15 Å². The van der Waals surface area contributed by atoms with Crippen LogP contribution in [0.2, 0.25) is 5.02 Å². The molecule has 2 aromatic carbocycles. The highest BCUT2D eigenvalue weighted by molar-refractivity contribution is 7.07. The molecule has 0 unspecified atom stereocenters. The van der Waals surface area contributed by atoms with E-state index in [9.17, 15) is 19.7 Å². The van der Waals surface area contributed by atoms with Crippen LogP contribution in [0, 0.1) is 10.1 Å². The topological polar surface area (TPSA) is 117 Å². The van der Waals surface area contributed by atoms with Gasteiger partial charge in [-0.1, -0.05) is 35.1 Å². The van der Waals surface area contributed by atoms with Crippen molar-refractivity contribution in [3.05, 3.63) is 118 Å². The number of carbonyl (C=O) groups is 1. The van der Waals surface area contributed by atoms with Crippen molar-refractivity contribution in [1.82, 2.24) is 4.57 Å². The van der Waals surface area contributed by atoms with Crippen LogP contribution in [-0.4, -0.2) is 22.6 Å². The van der Waals surface area contributed by atoms with Gasteiger partial charge in [-0.25, -0.2) is 9.79 Å². The smallest absolute Gasteiger partial charge is 0.338 e. The molecule has 11 heteroatoms. The van der Waals surface area contributed by atoms with Crippen LogP contribution in [0.4, 0.5) is 5.69 Å². The van der Waals surface area contributed by atoms with Crippen molar-refractivity contribution in [3.8, 4) is 11.3 Å². The number of hydrogen-bond donors (Lipinski definition) is 0. The van der Waals surface area contributed by atoms with Gasteiger partial charge in [-0.05, 0) is 48.9 Å². The summed E-state index contributed by atoms with van der Waals surface area (Å²) in [4.78, 5) is 41.7. The summed E-state index contributed by atoms with van der Waals surface area (Å²) in [5.41, 5.74) is 1.71. The fraction of sp³-hybridized carbons (Fsp3) is 0.115. The number of furan rings is 1. The first-order valence-corrected chi connectivity index (χ1v) is 12.2. The quantitative estimate of drug-likeness (QED) is 0.214. The van der Waals surface area contributed by atoms with E-state index in [1.807, 2.05) is 0 Å². The van der Waals surface area contributed by atoms with Crippen molar-refractivity contribution in [2.24, 2.45) is 4.99 Å². The summed E-state index contributed by atoms with van der Waals surface area (Å²) in [6.45, 7) is 1.70. The predicted molar refractivity (Wildman–Crippen MR) is 138 cm³/mol. The molecule has 186 valence electrons. The normalized spacial score (nSPS) is 15.3. The number of nitro benzene ring substituents is 1. The SMILES string of the molecule is COC(=O)C1=C(C)N=c2s/c(=C\c3ccc(-c4ccc([N+](=O)[O-])cc4)o3)c(=O)n2[C@H]1c1ccc(Cl)cc1. The summed E-state index contributed by atoms with van der Waals surface area (Å²) in [5.74, 6) is 0.344. The highest BCUT2D eigenvalue weighted by Crippen LogP contribution is 2.31. The third kappa shape index (κ3) is 4.52. The first kappa shape index (κ1) is 24.4. The maximum atomic E-state index is 13.6. The van der Waals surface area contributed by atoms with E-state index in [4.69, 9.17) is 20.8 Å². The number of nitrogens with zero attached hydrogens (tertiary/aromatic N) is 3. The highest BCUT2D eigenvalue weighted by Gasteiger charge is 2.33. The first-order valence-electron chi connectivity index (χ1n) is 11.0. The van der Waals surface area contributed by atoms with Crippen LogP contribution >= 0.6 is 22.9 Å². The number of hydrogen-bond acceptors (Lipinski definition) is 8. The number of halogens is 1. The van der Waals surface area contributed by atoms with Crippen LogP contribution in [-0.2, 0) is 9.53 Å². The highest BCUT2D eigenvalue weighted by atomic mass is 35.5. The Kier molecular flexibility index (Phi) is 6.36. The second kappa shape index (κ2) is 9.64. The Morgan fingerprint density at radius 1 is 1.16 bits per heavy atom. The summed E-state index contributed by atoms with van der Waals surface area (Å²) in [6.07, 6.45) is 1.61. The number of non-ortho nitro benzene ring substituents is 1. The molecule has 1 aliphatic rings. The fourth-order valence-corrected chi connectivity index (χ4v) is 5.27. The molecule has 0 saturated heterocycles. The molecule has 9 nitrogen and oxygen atoms in total. The summed E-state index contributed by atoms with van der Waals surface area (Å²) in [5, 5.41) is 11.4. The molecule has 5 rings (SSSR count). The number of thiazole rings is 1. The molecule has 0 radical (unpaired) electrons. The Morgan fingerprint density at radius 2 is 1.86 bits per heavy atom. The lowest BCUT2D eigenvalue weighted by atomic mass is 9.96. The number of nitro groups is 1. The van der Waals surface area contributed by atoms with E-state index in [0.29, 0.717) is 42.7 Å². The van der Waals surface area contributed by atoms with Gasteiger partial charge in [0.2, 0.25) is 0 Å². The van der Waals surface area contributed by atoms with E-state index < -0.39 is 16.9 Å². The zero-order valence-electron chi connectivity index (χ0n) is 19.5. The number of aromatic nitrogens is 1. The van der Waals surface area contributed by atoms with Crippen LogP contribution in [0.1, 0.15) is 24.3 Å². The van der Waals surface area contributed by atoms with Gasteiger partial charge in [-0.3, -0.25) is 19.5 Å². The lowest BCUT2D eigenvalue weighted by Crippen LogP contribution is -2.39. The summed E-state index contributed by atoms with van der Waals surface area (Å²) >= 11 is 7.24. The number of ether oxygens (including phenoxy) is 1. The zero-order chi connectivity index (χ0) is 26.3. The molecule has 1 aliphatic heterocycles. The lowest BCUT2D eigenvalue weighted by molar-refractivity contribution is -0.384. The molecule has 0 saturated carbocycles. The van der Waals surface area contributed by atoms with Crippen LogP contribution in [0.3, 0.4) is 0 Å². The third-order valence-electron chi connectivity index (χ3n) is 5.88. The van der Waals surface area contributed by atoms with E-state index in [2.05, 4.69) is 4.99 Å². The standard InChI is InChI=1S/C26H18ClN3O6S/c1-14-22(25(32)35-2)23(16-3-7-17(27)8-4-16)29-24(31)21(37-26(29)28-14)13-19-11-12-20(36-19)15-5-9-18(10-6-15)30(33)34/h3-13,23H,1-2H3/b21-13-/t23-/m0/s1. The molecule has 0 fully saturated rings. The number of benzene rings is 2. The maximum Gasteiger partial charge on any atom is 0.338 e. The van der Waals surface area contributed by atoms with Crippen molar-refractivity contribution in [1.29, 1.82) is 0 Å². The average molecular weight is 536 g/mol. The second-order valence-electron chi connectivity index (χ2n) is 8.13. The molecule has 0 bridgehead atoms. The first-order chi connectivity index (χ1) is 17.8. The molecule has 0 aliphatic carbocycles. The molecule has 4 aromatic rings. The lowest BCUT2D eigenvalue weighted by Gasteiger charge is -2.24. The van der Waals surface area contributed by atoms with Gasteiger partial charge in [0, 0.05) is 28.8 Å². The Morgan fingerprint density at radius 3 is 2.51 bits per heavy atom. The van der Waals surface area contributed by atoms with E-state index in [1.165, 1.54) is 35.1 Å². The van der Waals surface area contributed by atoms with Crippen molar-refractivity contribution >= 4 is 40.7 Å². The predicted octanol–water partition coefficient (Wildman–Crippen LogP) is 4.23. The molecule has 0 spiro atoms. The van der Waals surface area contributed by atoms with Gasteiger partial charge in [0.25, 0.3) is 11.2 Å². The largest absolute Gasteiger partial charge is 0.466 e. The number of methoxy groups -OCH3 is 1. The summed E-state index contributed by atoms with van der Waals surface area (Å²) in [7, 11) is 1.28. The van der Waals surface area contributed by atoms with E-state index in [1.54, 1.807) is 61.5 Å². The van der Waals surface area contributed by atoms with Gasteiger partial charge in [0.1, 0.15) is 11.5 Å². The minimum absolute atomic E-state index is 0.0199. The molecule has 0 N–H and O–H groups in total. The van der Waals surface area contributed by atoms with Crippen LogP contribution in [0.5, 0.6) is 0 Å². The summed E-state index contributed by atoms with van der Waals surface area (Å²) in [6, 6.07) is 15.6. The van der Waals surface area contributed by atoms with Gasteiger partial charge in [-0.15, -0.1) is 0 Å². The number of fused-ring (bicyclic) bond motifs is 1. The molecule has 0 amide bonds. The van der Waals surface area contributed by atoms with Crippen molar-refractivity contribution in [2.75, 3.05) is 7.11 Å². The number of carbonyl (C=O) groups excluding carboxylic acids is 1. The zero-order valence-corrected chi connectivity index (χ0v) is 21.1. The molecule has 3 heterocycles. The fourth-order valence-electron chi connectivity index (χ4n) is 4.12. The van der Waals surface area contributed by atoms with Gasteiger partial charge >= 0.3 is 5.97 Å². The Labute approximate surface area is 218 Å². The number of esters is 1. The van der Waals surface area contributed by atoms with Crippen molar-refractivity contribution < 1.29 is 18.9 Å². The van der Waals surface area contributed by atoms with Crippen LogP contribution < -0.4 is 14.9 Å². The Balaban J connectivity index is 1.60. The molecule has 2 aromatic heterocycles. The van der Waals surface area contributed by atoms with Crippen molar-refractivity contribution in [2.45, 2.75) is 13.0 Å². The summed E-state index contributed by atoms with van der Waals surface area (Å²) < 4.78 is 12.7. The maximum absolute atomic E-state index is 13.6. The van der Waals surface area contributed by atoms with Gasteiger partial charge in [0.05, 0.1) is 33.9 Å². The van der Waals surface area contributed by atoms with Crippen LogP contribution in [0.25, 0.3) is 17.4 Å². The molecule has 37 heavy (non-hydrogen) atoms. The molecular formula is C26H18ClN3O6S.